The second-order valence-electron chi connectivity index (χ2n) is 5.88. The Morgan fingerprint density at radius 2 is 1.95 bits per heavy atom. The number of nitrogens with one attached hydrogen (secondary N) is 1. The molecule has 0 aromatic heterocycles. The topological polar surface area (TPSA) is 24.5 Å². The summed E-state index contributed by atoms with van der Waals surface area (Å²) in [5.74, 6) is 1.67. The predicted octanol–water partition coefficient (Wildman–Crippen LogP) is 3.54. The predicted molar refractivity (Wildman–Crippen MR) is 90.9 cm³/mol. The molecular formula is C18H32N2O. The first-order valence-corrected chi connectivity index (χ1v) is 8.30. The maximum Gasteiger partial charge on any atom is 0.119 e. The Kier molecular flexibility index (Phi) is 9.11. The van der Waals surface area contributed by atoms with E-state index in [4.69, 9.17) is 4.74 Å². The largest absolute Gasteiger partial charge is 0.494 e. The molecule has 0 saturated heterocycles. The quantitative estimate of drug-likeness (QED) is 0.631. The fourth-order valence-electron chi connectivity index (χ4n) is 2.17. The molecule has 120 valence electrons. The zero-order valence-corrected chi connectivity index (χ0v) is 14.2. The van der Waals surface area contributed by atoms with Gasteiger partial charge >= 0.3 is 0 Å². The van der Waals surface area contributed by atoms with Gasteiger partial charge in [-0.05, 0) is 43.1 Å². The second kappa shape index (κ2) is 10.6. The van der Waals surface area contributed by atoms with Crippen LogP contribution in [0.15, 0.2) is 24.3 Å². The Morgan fingerprint density at radius 1 is 1.19 bits per heavy atom. The second-order valence-corrected chi connectivity index (χ2v) is 5.88. The van der Waals surface area contributed by atoms with Gasteiger partial charge in [0.1, 0.15) is 5.75 Å². The molecule has 0 atom stereocenters. The fraction of sp³-hybridized carbons (Fsp3) is 0.667. The van der Waals surface area contributed by atoms with Gasteiger partial charge in [0.15, 0.2) is 0 Å². The molecule has 0 bridgehead atoms. The van der Waals surface area contributed by atoms with Crippen molar-refractivity contribution in [2.75, 3.05) is 32.8 Å². The molecule has 0 aliphatic carbocycles. The van der Waals surface area contributed by atoms with Crippen molar-refractivity contribution < 1.29 is 4.74 Å². The summed E-state index contributed by atoms with van der Waals surface area (Å²) in [6.07, 6.45) is 1.10. The molecule has 0 fully saturated rings. The first-order valence-electron chi connectivity index (χ1n) is 8.30. The number of hydrogen-bond acceptors (Lipinski definition) is 3. The molecule has 0 amide bonds. The van der Waals surface area contributed by atoms with Crippen molar-refractivity contribution in [3.8, 4) is 5.75 Å². The van der Waals surface area contributed by atoms with Crippen LogP contribution in [0.25, 0.3) is 0 Å². The van der Waals surface area contributed by atoms with E-state index in [2.05, 4.69) is 56.1 Å². The Bertz CT molecular complexity index is 375. The van der Waals surface area contributed by atoms with E-state index in [9.17, 15) is 0 Å². The summed E-state index contributed by atoms with van der Waals surface area (Å²) in [7, 11) is 0. The van der Waals surface area contributed by atoms with Crippen molar-refractivity contribution in [3.63, 3.8) is 0 Å². The number of ether oxygens (including phenoxy) is 1. The van der Waals surface area contributed by atoms with Crippen molar-refractivity contribution in [1.29, 1.82) is 0 Å². The molecule has 0 aliphatic rings. The molecule has 1 N–H and O–H groups in total. The van der Waals surface area contributed by atoms with E-state index in [0.717, 1.165) is 51.5 Å². The van der Waals surface area contributed by atoms with Gasteiger partial charge in [-0.2, -0.15) is 0 Å². The number of hydrogen-bond donors (Lipinski definition) is 1. The Morgan fingerprint density at radius 3 is 2.62 bits per heavy atom. The van der Waals surface area contributed by atoms with Gasteiger partial charge < -0.3 is 15.0 Å². The standard InChI is InChI=1S/C18H32N2O/c1-5-20(6-2)12-11-19-15-17-8-7-9-18(14-17)21-13-10-16(3)4/h7-9,14,16,19H,5-6,10-13,15H2,1-4H3. The van der Waals surface area contributed by atoms with E-state index < -0.39 is 0 Å². The zero-order valence-electron chi connectivity index (χ0n) is 14.2. The summed E-state index contributed by atoms with van der Waals surface area (Å²) in [4.78, 5) is 2.43. The summed E-state index contributed by atoms with van der Waals surface area (Å²) in [5.41, 5.74) is 1.29. The third-order valence-corrected chi connectivity index (χ3v) is 3.69. The minimum absolute atomic E-state index is 0.690. The van der Waals surface area contributed by atoms with Gasteiger partial charge in [-0.15, -0.1) is 0 Å². The third-order valence-electron chi connectivity index (χ3n) is 3.69. The van der Waals surface area contributed by atoms with E-state index in [0.29, 0.717) is 5.92 Å². The highest BCUT2D eigenvalue weighted by Crippen LogP contribution is 2.14. The van der Waals surface area contributed by atoms with Crippen LogP contribution < -0.4 is 10.1 Å². The molecule has 1 rings (SSSR count). The summed E-state index contributed by atoms with van der Waals surface area (Å²) in [6, 6.07) is 8.41. The number of benzene rings is 1. The van der Waals surface area contributed by atoms with Crippen molar-refractivity contribution in [3.05, 3.63) is 29.8 Å². The lowest BCUT2D eigenvalue weighted by molar-refractivity contribution is 0.289. The third kappa shape index (κ3) is 8.08. The van der Waals surface area contributed by atoms with Crippen LogP contribution in [0.1, 0.15) is 39.7 Å². The van der Waals surface area contributed by atoms with E-state index in [1.165, 1.54) is 5.56 Å². The molecule has 0 heterocycles. The maximum atomic E-state index is 5.80. The highest BCUT2D eigenvalue weighted by atomic mass is 16.5. The van der Waals surface area contributed by atoms with E-state index in [1.54, 1.807) is 0 Å². The highest BCUT2D eigenvalue weighted by Gasteiger charge is 2.00. The first kappa shape index (κ1) is 18.0. The number of likely N-dealkylation sites (N-methyl/N-ethyl adjacent to an activating group) is 1. The lowest BCUT2D eigenvalue weighted by Gasteiger charge is -2.18. The zero-order chi connectivity index (χ0) is 15.5. The SMILES string of the molecule is CCN(CC)CCNCc1cccc(OCCC(C)C)c1. The van der Waals surface area contributed by atoms with Crippen LogP contribution in [-0.2, 0) is 6.54 Å². The Balaban J connectivity index is 2.28. The molecule has 0 radical (unpaired) electrons. The average molecular weight is 292 g/mol. The molecule has 3 nitrogen and oxygen atoms in total. The molecular weight excluding hydrogens is 260 g/mol. The Labute approximate surface area is 130 Å². The smallest absolute Gasteiger partial charge is 0.119 e. The van der Waals surface area contributed by atoms with Crippen LogP contribution in [0, 0.1) is 5.92 Å². The van der Waals surface area contributed by atoms with Crippen molar-refractivity contribution in [2.24, 2.45) is 5.92 Å². The number of nitrogens with zero attached hydrogens (tertiary/aromatic N) is 1. The van der Waals surface area contributed by atoms with Gasteiger partial charge in [0.05, 0.1) is 6.61 Å². The van der Waals surface area contributed by atoms with Gasteiger partial charge in [0, 0.05) is 19.6 Å². The van der Waals surface area contributed by atoms with Crippen molar-refractivity contribution in [1.82, 2.24) is 10.2 Å². The molecule has 0 spiro atoms. The molecule has 0 saturated carbocycles. The Hall–Kier alpha value is -1.06. The van der Waals surface area contributed by atoms with Gasteiger partial charge in [0.2, 0.25) is 0 Å². The minimum Gasteiger partial charge on any atom is -0.494 e. The summed E-state index contributed by atoms with van der Waals surface area (Å²) in [5, 5.41) is 3.51. The van der Waals surface area contributed by atoms with Gasteiger partial charge in [-0.3, -0.25) is 0 Å². The monoisotopic (exact) mass is 292 g/mol. The van der Waals surface area contributed by atoms with Crippen molar-refractivity contribution in [2.45, 2.75) is 40.7 Å². The molecule has 1 aromatic rings. The molecule has 3 heteroatoms. The van der Waals surface area contributed by atoms with Crippen LogP contribution in [0.3, 0.4) is 0 Å². The van der Waals surface area contributed by atoms with Crippen LogP contribution in [0.2, 0.25) is 0 Å². The molecule has 0 unspecified atom stereocenters. The van der Waals surface area contributed by atoms with Crippen LogP contribution in [-0.4, -0.2) is 37.7 Å². The van der Waals surface area contributed by atoms with Crippen LogP contribution >= 0.6 is 0 Å². The molecule has 0 aliphatic heterocycles. The lowest BCUT2D eigenvalue weighted by Crippen LogP contribution is -2.31. The lowest BCUT2D eigenvalue weighted by atomic mass is 10.1. The summed E-state index contributed by atoms with van der Waals surface area (Å²) < 4.78 is 5.80. The normalized spacial score (nSPS) is 11.3. The molecule has 1 aromatic carbocycles. The first-order chi connectivity index (χ1) is 10.2. The van der Waals surface area contributed by atoms with Crippen LogP contribution in [0.5, 0.6) is 5.75 Å². The van der Waals surface area contributed by atoms with Crippen molar-refractivity contribution >= 4 is 0 Å². The fourth-order valence-corrected chi connectivity index (χ4v) is 2.17. The summed E-state index contributed by atoms with van der Waals surface area (Å²) in [6.45, 7) is 15.0. The van der Waals surface area contributed by atoms with Gasteiger partial charge in [-0.1, -0.05) is 39.8 Å². The number of rotatable bonds is 11. The average Bonchev–Trinajstić information content (AvgIpc) is 2.47. The van der Waals surface area contributed by atoms with Gasteiger partial charge in [0.25, 0.3) is 0 Å². The molecule has 21 heavy (non-hydrogen) atoms. The minimum atomic E-state index is 0.690. The van der Waals surface area contributed by atoms with Gasteiger partial charge in [-0.25, -0.2) is 0 Å². The van der Waals surface area contributed by atoms with E-state index in [1.807, 2.05) is 6.07 Å². The van der Waals surface area contributed by atoms with E-state index >= 15 is 0 Å². The highest BCUT2D eigenvalue weighted by molar-refractivity contribution is 5.28. The van der Waals surface area contributed by atoms with E-state index in [-0.39, 0.29) is 0 Å². The summed E-state index contributed by atoms with van der Waals surface area (Å²) >= 11 is 0. The van der Waals surface area contributed by atoms with Crippen LogP contribution in [0.4, 0.5) is 0 Å². The maximum absolute atomic E-state index is 5.80.